The van der Waals surface area contributed by atoms with Gasteiger partial charge in [-0.15, -0.1) is 0 Å². The summed E-state index contributed by atoms with van der Waals surface area (Å²) in [6.45, 7) is -0.682. The standard InChI is InChI=1S/C11H12F3NO4S/c12-11(13,14)10(16)6-15-20(17,18)8-1-2-9-7(5-8)3-4-19-9/h1-2,5,10,15-16H,3-4,6H2. The van der Waals surface area contributed by atoms with E-state index in [1.54, 1.807) is 4.72 Å². The summed E-state index contributed by atoms with van der Waals surface area (Å²) in [5.74, 6) is 0.569. The van der Waals surface area contributed by atoms with Crippen LogP contribution < -0.4 is 9.46 Å². The lowest BCUT2D eigenvalue weighted by Crippen LogP contribution is -2.40. The molecule has 5 nitrogen and oxygen atoms in total. The highest BCUT2D eigenvalue weighted by molar-refractivity contribution is 7.89. The Labute approximate surface area is 113 Å². The Morgan fingerprint density at radius 1 is 1.40 bits per heavy atom. The molecule has 0 amide bonds. The van der Waals surface area contributed by atoms with E-state index in [1.807, 2.05) is 0 Å². The first-order valence-corrected chi connectivity index (χ1v) is 7.18. The summed E-state index contributed by atoms with van der Waals surface area (Å²) >= 11 is 0. The number of halogens is 3. The fourth-order valence-electron chi connectivity index (χ4n) is 1.72. The number of alkyl halides is 3. The normalized spacial score (nSPS) is 16.6. The Bertz CT molecular complexity index is 600. The van der Waals surface area contributed by atoms with Gasteiger partial charge in [-0.25, -0.2) is 13.1 Å². The minimum Gasteiger partial charge on any atom is -0.493 e. The lowest BCUT2D eigenvalue weighted by molar-refractivity contribution is -0.200. The average molecular weight is 311 g/mol. The maximum atomic E-state index is 12.1. The maximum absolute atomic E-state index is 12.1. The number of benzene rings is 1. The fourth-order valence-corrected chi connectivity index (χ4v) is 2.81. The molecule has 1 aliphatic heterocycles. The molecule has 0 fully saturated rings. The third kappa shape index (κ3) is 3.22. The van der Waals surface area contributed by atoms with E-state index < -0.39 is 28.8 Å². The van der Waals surface area contributed by atoms with Crippen molar-refractivity contribution in [3.8, 4) is 5.75 Å². The van der Waals surface area contributed by atoms with Crippen molar-refractivity contribution in [2.24, 2.45) is 0 Å². The van der Waals surface area contributed by atoms with E-state index in [-0.39, 0.29) is 4.90 Å². The summed E-state index contributed by atoms with van der Waals surface area (Å²) < 4.78 is 66.9. The van der Waals surface area contributed by atoms with Crippen molar-refractivity contribution in [2.45, 2.75) is 23.6 Å². The Kier molecular flexibility index (Phi) is 3.94. The molecule has 0 saturated heterocycles. The molecule has 0 radical (unpaired) electrons. The molecule has 0 aromatic heterocycles. The van der Waals surface area contributed by atoms with Crippen molar-refractivity contribution in [2.75, 3.05) is 13.2 Å². The van der Waals surface area contributed by atoms with Crippen LogP contribution in [-0.4, -0.2) is 39.0 Å². The number of nitrogens with one attached hydrogen (secondary N) is 1. The van der Waals surface area contributed by atoms with Gasteiger partial charge in [0.1, 0.15) is 5.75 Å². The molecular weight excluding hydrogens is 299 g/mol. The first kappa shape index (κ1) is 15.1. The third-order valence-corrected chi connectivity index (χ3v) is 4.24. The van der Waals surface area contributed by atoms with Crippen LogP contribution in [0.5, 0.6) is 5.75 Å². The minimum absolute atomic E-state index is 0.156. The molecule has 9 heteroatoms. The van der Waals surface area contributed by atoms with Crippen LogP contribution in [0.2, 0.25) is 0 Å². The molecule has 112 valence electrons. The van der Waals surface area contributed by atoms with Crippen LogP contribution >= 0.6 is 0 Å². The number of hydrogen-bond acceptors (Lipinski definition) is 4. The number of aliphatic hydroxyl groups excluding tert-OH is 1. The predicted octanol–water partition coefficient (Wildman–Crippen LogP) is 0.823. The Balaban J connectivity index is 2.11. The van der Waals surface area contributed by atoms with Crippen molar-refractivity contribution in [3.05, 3.63) is 23.8 Å². The van der Waals surface area contributed by atoms with Crippen molar-refractivity contribution < 1.29 is 31.4 Å². The summed E-state index contributed by atoms with van der Waals surface area (Å²) in [6, 6.07) is 4.05. The van der Waals surface area contributed by atoms with Crippen molar-refractivity contribution >= 4 is 10.0 Å². The second-order valence-electron chi connectivity index (χ2n) is 4.28. The third-order valence-electron chi connectivity index (χ3n) is 2.82. The zero-order valence-corrected chi connectivity index (χ0v) is 11.0. The largest absolute Gasteiger partial charge is 0.493 e. The van der Waals surface area contributed by atoms with E-state index in [1.165, 1.54) is 18.2 Å². The molecule has 1 aromatic carbocycles. The first-order chi connectivity index (χ1) is 9.20. The SMILES string of the molecule is O=S(=O)(NCC(O)C(F)(F)F)c1ccc2c(c1)CCO2. The van der Waals surface area contributed by atoms with Crippen LogP contribution in [0.1, 0.15) is 5.56 Å². The summed E-state index contributed by atoms with van der Waals surface area (Å²) in [6.07, 6.45) is -7.06. The Hall–Kier alpha value is -1.32. The van der Waals surface area contributed by atoms with Crippen LogP contribution in [0.25, 0.3) is 0 Å². The summed E-state index contributed by atoms with van der Waals surface area (Å²) in [5.41, 5.74) is 0.684. The molecule has 2 N–H and O–H groups in total. The summed E-state index contributed by atoms with van der Waals surface area (Å²) in [5, 5.41) is 8.78. The van der Waals surface area contributed by atoms with Crippen LogP contribution in [-0.2, 0) is 16.4 Å². The maximum Gasteiger partial charge on any atom is 0.415 e. The number of hydrogen-bond donors (Lipinski definition) is 2. The zero-order chi connectivity index (χ0) is 15.0. The molecule has 0 spiro atoms. The van der Waals surface area contributed by atoms with Gasteiger partial charge in [-0.2, -0.15) is 13.2 Å². The highest BCUT2D eigenvalue weighted by atomic mass is 32.2. The van der Waals surface area contributed by atoms with E-state index in [2.05, 4.69) is 0 Å². The van der Waals surface area contributed by atoms with Gasteiger partial charge in [-0.05, 0) is 23.8 Å². The lowest BCUT2D eigenvalue weighted by atomic mass is 10.2. The van der Waals surface area contributed by atoms with E-state index in [0.29, 0.717) is 24.3 Å². The van der Waals surface area contributed by atoms with Gasteiger partial charge in [0, 0.05) is 13.0 Å². The van der Waals surface area contributed by atoms with Gasteiger partial charge in [0.25, 0.3) is 0 Å². The van der Waals surface area contributed by atoms with Crippen molar-refractivity contribution in [1.29, 1.82) is 0 Å². The van der Waals surface area contributed by atoms with Gasteiger partial charge < -0.3 is 9.84 Å². The van der Waals surface area contributed by atoms with Gasteiger partial charge in [-0.3, -0.25) is 0 Å². The molecule has 1 atom stereocenters. The van der Waals surface area contributed by atoms with Gasteiger partial charge in [0.15, 0.2) is 6.10 Å². The quantitative estimate of drug-likeness (QED) is 0.863. The molecule has 0 aliphatic carbocycles. The molecule has 1 heterocycles. The monoisotopic (exact) mass is 311 g/mol. The van der Waals surface area contributed by atoms with Crippen LogP contribution in [0.3, 0.4) is 0 Å². The summed E-state index contributed by atoms with van der Waals surface area (Å²) in [4.78, 5) is -0.156. The molecule has 1 aromatic rings. The van der Waals surface area contributed by atoms with Gasteiger partial charge in [-0.1, -0.05) is 0 Å². The van der Waals surface area contributed by atoms with Crippen LogP contribution in [0.4, 0.5) is 13.2 Å². The van der Waals surface area contributed by atoms with E-state index in [4.69, 9.17) is 9.84 Å². The van der Waals surface area contributed by atoms with Crippen molar-refractivity contribution in [3.63, 3.8) is 0 Å². The molecular formula is C11H12F3NO4S. The average Bonchev–Trinajstić information content (AvgIpc) is 2.81. The second kappa shape index (κ2) is 5.23. The Morgan fingerprint density at radius 2 is 2.10 bits per heavy atom. The van der Waals surface area contributed by atoms with E-state index >= 15 is 0 Å². The summed E-state index contributed by atoms with van der Waals surface area (Å²) in [7, 11) is -4.10. The smallest absolute Gasteiger partial charge is 0.415 e. The number of aliphatic hydroxyl groups is 1. The van der Waals surface area contributed by atoms with Gasteiger partial charge in [0.2, 0.25) is 10.0 Å². The highest BCUT2D eigenvalue weighted by Gasteiger charge is 2.38. The number of sulfonamides is 1. The van der Waals surface area contributed by atoms with Crippen LogP contribution in [0.15, 0.2) is 23.1 Å². The fraction of sp³-hybridized carbons (Fsp3) is 0.455. The highest BCUT2D eigenvalue weighted by Crippen LogP contribution is 2.27. The molecule has 1 unspecified atom stereocenters. The van der Waals surface area contributed by atoms with E-state index in [0.717, 1.165) is 0 Å². The molecule has 2 rings (SSSR count). The number of ether oxygens (including phenoxy) is 1. The lowest BCUT2D eigenvalue weighted by Gasteiger charge is -2.15. The Morgan fingerprint density at radius 3 is 2.75 bits per heavy atom. The molecule has 0 bridgehead atoms. The molecule has 0 saturated carbocycles. The van der Waals surface area contributed by atoms with Gasteiger partial charge >= 0.3 is 6.18 Å². The first-order valence-electron chi connectivity index (χ1n) is 5.70. The zero-order valence-electron chi connectivity index (χ0n) is 10.1. The van der Waals surface area contributed by atoms with Crippen molar-refractivity contribution in [1.82, 2.24) is 4.72 Å². The van der Waals surface area contributed by atoms with Crippen LogP contribution in [0, 0.1) is 0 Å². The molecule has 1 aliphatic rings. The second-order valence-corrected chi connectivity index (χ2v) is 6.04. The molecule has 20 heavy (non-hydrogen) atoms. The topological polar surface area (TPSA) is 75.6 Å². The van der Waals surface area contributed by atoms with E-state index in [9.17, 15) is 21.6 Å². The number of rotatable bonds is 4. The predicted molar refractivity (Wildman–Crippen MR) is 62.9 cm³/mol. The van der Waals surface area contributed by atoms with Gasteiger partial charge in [0.05, 0.1) is 11.5 Å². The minimum atomic E-state index is -4.87. The number of fused-ring (bicyclic) bond motifs is 1.